The van der Waals surface area contributed by atoms with Crippen molar-refractivity contribution >= 4 is 17.3 Å². The van der Waals surface area contributed by atoms with Crippen LogP contribution in [0.3, 0.4) is 0 Å². The number of anilines is 1. The molecule has 148 valence electrons. The highest BCUT2D eigenvalue weighted by atomic mass is 35.5. The number of aliphatic hydroxyl groups excluding tert-OH is 1. The second kappa shape index (κ2) is 7.31. The van der Waals surface area contributed by atoms with E-state index in [-0.39, 0.29) is 16.9 Å². The van der Waals surface area contributed by atoms with Crippen LogP contribution in [-0.4, -0.2) is 44.2 Å². The van der Waals surface area contributed by atoms with Crippen LogP contribution in [0.25, 0.3) is 11.6 Å². The summed E-state index contributed by atoms with van der Waals surface area (Å²) in [6, 6.07) is 5.33. The first-order valence-electron chi connectivity index (χ1n) is 9.61. The van der Waals surface area contributed by atoms with Gasteiger partial charge in [-0.1, -0.05) is 11.6 Å². The number of nitrogens with zero attached hydrogens (tertiary/aromatic N) is 5. The van der Waals surface area contributed by atoms with E-state index in [2.05, 4.69) is 19.9 Å². The molecule has 1 saturated carbocycles. The summed E-state index contributed by atoms with van der Waals surface area (Å²) in [6.07, 6.45) is 8.10. The predicted molar refractivity (Wildman–Crippen MR) is 107 cm³/mol. The Labute approximate surface area is 172 Å². The van der Waals surface area contributed by atoms with Crippen molar-refractivity contribution in [1.82, 2.24) is 19.9 Å². The first kappa shape index (κ1) is 18.4. The van der Waals surface area contributed by atoms with Gasteiger partial charge in [-0.05, 0) is 54.0 Å². The molecule has 0 amide bonds. The van der Waals surface area contributed by atoms with Gasteiger partial charge in [0.2, 0.25) is 0 Å². The molecule has 2 fully saturated rings. The zero-order chi connectivity index (χ0) is 20.0. The van der Waals surface area contributed by atoms with E-state index in [9.17, 15) is 9.50 Å². The molecule has 0 unspecified atom stereocenters. The summed E-state index contributed by atoms with van der Waals surface area (Å²) in [5.41, 5.74) is 2.52. The molecule has 1 aromatic carbocycles. The fraction of sp³-hybridized carbons (Fsp3) is 0.333. The lowest BCUT2D eigenvalue weighted by molar-refractivity contribution is 0.198. The molecule has 3 heterocycles. The van der Waals surface area contributed by atoms with Crippen molar-refractivity contribution in [3.8, 4) is 11.6 Å². The molecule has 0 bridgehead atoms. The predicted octanol–water partition coefficient (Wildman–Crippen LogP) is 3.57. The highest BCUT2D eigenvalue weighted by molar-refractivity contribution is 6.31. The summed E-state index contributed by atoms with van der Waals surface area (Å²) in [4.78, 5) is 19.0. The molecule has 6 nitrogen and oxygen atoms in total. The number of hydrogen-bond donors (Lipinski definition) is 1. The van der Waals surface area contributed by atoms with Gasteiger partial charge in [-0.2, -0.15) is 0 Å². The fourth-order valence-corrected chi connectivity index (χ4v) is 4.21. The maximum atomic E-state index is 14.6. The number of rotatable bonds is 4. The summed E-state index contributed by atoms with van der Waals surface area (Å²) >= 11 is 6.19. The molecule has 1 saturated heterocycles. The van der Waals surface area contributed by atoms with Gasteiger partial charge in [0.05, 0.1) is 16.8 Å². The van der Waals surface area contributed by atoms with E-state index in [1.165, 1.54) is 0 Å². The number of β-amino-alcohol motifs (C(OH)–C–C–N with tert-alkyl or cyclic N) is 1. The Morgan fingerprint density at radius 2 is 1.69 bits per heavy atom. The van der Waals surface area contributed by atoms with E-state index < -0.39 is 11.9 Å². The standard InChI is InChI=1S/C21H19ClFN5O/c22-17-6-12(7-18(19(17)23)28-5-2-14(29)11-28)15-8-16(15)13-9-26-21(27-10-13)20-24-3-1-4-25-20/h1,3-4,6-7,9-10,14-16,29H,2,5,8,11H2/t14-,15+,16-/m1/s1. The minimum absolute atomic E-state index is 0.123. The normalized spacial score (nSPS) is 23.4. The topological polar surface area (TPSA) is 75.0 Å². The van der Waals surface area contributed by atoms with Crippen LogP contribution in [-0.2, 0) is 0 Å². The Balaban J connectivity index is 1.36. The molecule has 2 aromatic heterocycles. The van der Waals surface area contributed by atoms with Gasteiger partial charge in [0.15, 0.2) is 17.5 Å². The minimum atomic E-state index is -0.422. The van der Waals surface area contributed by atoms with Gasteiger partial charge in [-0.3, -0.25) is 0 Å². The van der Waals surface area contributed by atoms with Crippen LogP contribution < -0.4 is 4.90 Å². The molecule has 5 rings (SSSR count). The van der Waals surface area contributed by atoms with E-state index in [1.54, 1.807) is 24.5 Å². The van der Waals surface area contributed by atoms with Crippen molar-refractivity contribution in [3.05, 3.63) is 65.0 Å². The fourth-order valence-electron chi connectivity index (χ4n) is 3.99. The monoisotopic (exact) mass is 411 g/mol. The van der Waals surface area contributed by atoms with E-state index in [0.717, 1.165) is 17.5 Å². The minimum Gasteiger partial charge on any atom is -0.391 e. The first-order chi connectivity index (χ1) is 14.1. The summed E-state index contributed by atoms with van der Waals surface area (Å²) in [7, 11) is 0. The number of halogens is 2. The average molecular weight is 412 g/mol. The van der Waals surface area contributed by atoms with Crippen LogP contribution >= 0.6 is 11.6 Å². The Hall–Kier alpha value is -2.64. The van der Waals surface area contributed by atoms with E-state index in [0.29, 0.717) is 36.8 Å². The Kier molecular flexibility index (Phi) is 4.64. The highest BCUT2D eigenvalue weighted by Crippen LogP contribution is 2.55. The maximum absolute atomic E-state index is 14.6. The molecule has 0 radical (unpaired) electrons. The van der Waals surface area contributed by atoms with Crippen molar-refractivity contribution in [3.63, 3.8) is 0 Å². The smallest absolute Gasteiger partial charge is 0.197 e. The maximum Gasteiger partial charge on any atom is 0.197 e. The van der Waals surface area contributed by atoms with Crippen molar-refractivity contribution in [1.29, 1.82) is 0 Å². The number of benzene rings is 1. The van der Waals surface area contributed by atoms with E-state index in [4.69, 9.17) is 11.6 Å². The molecule has 1 aliphatic carbocycles. The van der Waals surface area contributed by atoms with Gasteiger partial charge in [0.1, 0.15) is 0 Å². The molecule has 1 N–H and O–H groups in total. The van der Waals surface area contributed by atoms with Crippen LogP contribution in [0.5, 0.6) is 0 Å². The zero-order valence-electron chi connectivity index (χ0n) is 15.5. The van der Waals surface area contributed by atoms with Crippen LogP contribution in [0.15, 0.2) is 43.0 Å². The first-order valence-corrected chi connectivity index (χ1v) is 9.99. The van der Waals surface area contributed by atoms with Gasteiger partial charge in [-0.25, -0.2) is 24.3 Å². The second-order valence-corrected chi connectivity index (χ2v) is 7.99. The number of hydrogen-bond acceptors (Lipinski definition) is 6. The molecular weight excluding hydrogens is 393 g/mol. The van der Waals surface area contributed by atoms with E-state index >= 15 is 0 Å². The molecule has 2 aliphatic rings. The van der Waals surface area contributed by atoms with Crippen LogP contribution in [0.2, 0.25) is 5.02 Å². The number of aliphatic hydroxyl groups is 1. The van der Waals surface area contributed by atoms with Crippen LogP contribution in [0.1, 0.15) is 35.8 Å². The lowest BCUT2D eigenvalue weighted by Gasteiger charge is -2.20. The third-order valence-electron chi connectivity index (χ3n) is 5.62. The lowest BCUT2D eigenvalue weighted by Crippen LogP contribution is -2.22. The summed E-state index contributed by atoms with van der Waals surface area (Å²) in [5, 5.41) is 9.91. The molecular formula is C21H19ClFN5O. The molecule has 3 atom stereocenters. The Morgan fingerprint density at radius 3 is 2.38 bits per heavy atom. The lowest BCUT2D eigenvalue weighted by atomic mass is 10.1. The molecule has 29 heavy (non-hydrogen) atoms. The van der Waals surface area contributed by atoms with Gasteiger partial charge >= 0.3 is 0 Å². The third-order valence-corrected chi connectivity index (χ3v) is 5.89. The molecule has 3 aromatic rings. The highest BCUT2D eigenvalue weighted by Gasteiger charge is 2.41. The summed E-state index contributed by atoms with van der Waals surface area (Å²) in [5.74, 6) is 1.10. The Bertz CT molecular complexity index is 1030. The second-order valence-electron chi connectivity index (χ2n) is 7.59. The molecule has 0 spiro atoms. The van der Waals surface area contributed by atoms with E-state index in [1.807, 2.05) is 23.4 Å². The van der Waals surface area contributed by atoms with Crippen LogP contribution in [0, 0.1) is 5.82 Å². The SMILES string of the molecule is O[C@@H]1CCN(c2cc([C@@H]3C[C@@H]3c3cnc(-c4ncccn4)nc3)cc(Cl)c2F)C1. The Morgan fingerprint density at radius 1 is 1.00 bits per heavy atom. The van der Waals surface area contributed by atoms with Crippen molar-refractivity contribution < 1.29 is 9.50 Å². The summed E-state index contributed by atoms with van der Waals surface area (Å²) in [6.45, 7) is 1.06. The van der Waals surface area contributed by atoms with Crippen molar-refractivity contribution in [2.45, 2.75) is 30.8 Å². The van der Waals surface area contributed by atoms with Gasteiger partial charge in [-0.15, -0.1) is 0 Å². The summed E-state index contributed by atoms with van der Waals surface area (Å²) < 4.78 is 14.6. The number of aromatic nitrogens is 4. The molecule has 8 heteroatoms. The van der Waals surface area contributed by atoms with Crippen LogP contribution in [0.4, 0.5) is 10.1 Å². The van der Waals surface area contributed by atoms with Gasteiger partial charge in [0, 0.05) is 37.9 Å². The average Bonchev–Trinajstić information content (AvgIpc) is 3.44. The quantitative estimate of drug-likeness (QED) is 0.707. The largest absolute Gasteiger partial charge is 0.391 e. The van der Waals surface area contributed by atoms with Gasteiger partial charge in [0.25, 0.3) is 0 Å². The molecule has 1 aliphatic heterocycles. The zero-order valence-corrected chi connectivity index (χ0v) is 16.3. The van der Waals surface area contributed by atoms with Crippen molar-refractivity contribution in [2.24, 2.45) is 0 Å². The van der Waals surface area contributed by atoms with Gasteiger partial charge < -0.3 is 10.0 Å². The van der Waals surface area contributed by atoms with Crippen molar-refractivity contribution in [2.75, 3.05) is 18.0 Å². The third kappa shape index (κ3) is 3.56.